The van der Waals surface area contributed by atoms with Crippen LogP contribution >= 0.6 is 0 Å². The average molecular weight is 322 g/mol. The zero-order valence-corrected chi connectivity index (χ0v) is 14.5. The van der Waals surface area contributed by atoms with Crippen LogP contribution in [0.2, 0.25) is 0 Å². The predicted molar refractivity (Wildman–Crippen MR) is 87.9 cm³/mol. The molecule has 3 amide bonds. The zero-order chi connectivity index (χ0) is 17.5. The van der Waals surface area contributed by atoms with Gasteiger partial charge in [-0.2, -0.15) is 0 Å². The summed E-state index contributed by atoms with van der Waals surface area (Å²) < 4.78 is 5.30. The van der Waals surface area contributed by atoms with E-state index in [1.54, 1.807) is 20.8 Å². The summed E-state index contributed by atoms with van der Waals surface area (Å²) in [6, 6.07) is 9.36. The molecule has 0 aliphatic heterocycles. The number of urea groups is 1. The third-order valence-electron chi connectivity index (χ3n) is 3.08. The van der Waals surface area contributed by atoms with Crippen molar-refractivity contribution in [3.05, 3.63) is 35.9 Å². The number of aryl methyl sites for hydroxylation is 1. The van der Waals surface area contributed by atoms with Crippen LogP contribution < -0.4 is 0 Å². The van der Waals surface area contributed by atoms with Gasteiger partial charge in [0.1, 0.15) is 5.60 Å². The highest BCUT2D eigenvalue weighted by Gasteiger charge is 2.29. The minimum absolute atomic E-state index is 0.260. The van der Waals surface area contributed by atoms with E-state index in [9.17, 15) is 9.59 Å². The fourth-order valence-electron chi connectivity index (χ4n) is 1.92. The number of imide groups is 1. The highest BCUT2D eigenvalue weighted by Crippen LogP contribution is 2.13. The average Bonchev–Trinajstić information content (AvgIpc) is 2.49. The van der Waals surface area contributed by atoms with E-state index < -0.39 is 17.7 Å². The van der Waals surface area contributed by atoms with Gasteiger partial charge in [-0.3, -0.25) is 4.84 Å². The van der Waals surface area contributed by atoms with Crippen molar-refractivity contribution in [1.29, 1.82) is 0 Å². The Morgan fingerprint density at radius 2 is 1.74 bits per heavy atom. The summed E-state index contributed by atoms with van der Waals surface area (Å²) in [4.78, 5) is 30.5. The molecule has 1 aromatic carbocycles. The maximum Gasteiger partial charge on any atom is 0.418 e. The molecule has 6 heteroatoms. The van der Waals surface area contributed by atoms with Crippen molar-refractivity contribution in [3.63, 3.8) is 0 Å². The van der Waals surface area contributed by atoms with Gasteiger partial charge in [-0.05, 0) is 39.2 Å². The second-order valence-electron chi connectivity index (χ2n) is 6.18. The Labute approximate surface area is 137 Å². The quantitative estimate of drug-likeness (QED) is 0.779. The lowest BCUT2D eigenvalue weighted by Gasteiger charge is -2.28. The highest BCUT2D eigenvalue weighted by atomic mass is 16.7. The molecule has 0 aliphatic rings. The van der Waals surface area contributed by atoms with E-state index >= 15 is 0 Å². The molecule has 0 N–H and O–H groups in total. The van der Waals surface area contributed by atoms with Gasteiger partial charge in [0, 0.05) is 13.6 Å². The summed E-state index contributed by atoms with van der Waals surface area (Å²) in [6.45, 7) is 5.54. The Morgan fingerprint density at radius 1 is 1.13 bits per heavy atom. The van der Waals surface area contributed by atoms with E-state index in [4.69, 9.17) is 9.57 Å². The standard InChI is InChI=1S/C17H26N2O4/c1-17(2,3)23-16(21)19(15(20)18(4)22-5)13-9-12-14-10-7-6-8-11-14/h6-8,10-11H,9,12-13H2,1-5H3. The van der Waals surface area contributed by atoms with E-state index in [-0.39, 0.29) is 6.54 Å². The van der Waals surface area contributed by atoms with Crippen molar-refractivity contribution in [1.82, 2.24) is 9.96 Å². The van der Waals surface area contributed by atoms with Gasteiger partial charge >= 0.3 is 12.1 Å². The van der Waals surface area contributed by atoms with E-state index in [1.807, 2.05) is 30.3 Å². The smallest absolute Gasteiger partial charge is 0.418 e. The number of rotatable bonds is 5. The van der Waals surface area contributed by atoms with Crippen LogP contribution in [0.4, 0.5) is 9.59 Å². The predicted octanol–water partition coefficient (Wildman–Crippen LogP) is 3.47. The number of ether oxygens (including phenoxy) is 1. The monoisotopic (exact) mass is 322 g/mol. The van der Waals surface area contributed by atoms with Crippen LogP contribution in [0.5, 0.6) is 0 Å². The van der Waals surface area contributed by atoms with Crippen molar-refractivity contribution in [2.24, 2.45) is 0 Å². The summed E-state index contributed by atoms with van der Waals surface area (Å²) in [5.74, 6) is 0. The number of benzene rings is 1. The van der Waals surface area contributed by atoms with Crippen LogP contribution in [0, 0.1) is 0 Å². The van der Waals surface area contributed by atoms with E-state index in [0.29, 0.717) is 6.42 Å². The molecule has 0 aliphatic carbocycles. The van der Waals surface area contributed by atoms with Gasteiger partial charge in [-0.1, -0.05) is 30.3 Å². The van der Waals surface area contributed by atoms with Gasteiger partial charge in [0.15, 0.2) is 0 Å². The molecule has 0 saturated carbocycles. The minimum atomic E-state index is -0.667. The number of hydrogen-bond donors (Lipinski definition) is 0. The molecule has 1 aromatic rings. The Balaban J connectivity index is 2.71. The van der Waals surface area contributed by atoms with Gasteiger partial charge < -0.3 is 4.74 Å². The van der Waals surface area contributed by atoms with Crippen LogP contribution in [0.1, 0.15) is 32.8 Å². The molecule has 0 spiro atoms. The van der Waals surface area contributed by atoms with Crippen molar-refractivity contribution >= 4 is 12.1 Å². The lowest BCUT2D eigenvalue weighted by molar-refractivity contribution is -0.0768. The van der Waals surface area contributed by atoms with Crippen LogP contribution in [0.15, 0.2) is 30.3 Å². The molecule has 0 bridgehead atoms. The number of hydroxylamine groups is 2. The van der Waals surface area contributed by atoms with Gasteiger partial charge in [-0.15, -0.1) is 0 Å². The van der Waals surface area contributed by atoms with Gasteiger partial charge in [-0.25, -0.2) is 19.6 Å². The Morgan fingerprint density at radius 3 is 2.26 bits per heavy atom. The zero-order valence-electron chi connectivity index (χ0n) is 14.5. The largest absolute Gasteiger partial charge is 0.443 e. The number of carbonyl (C=O) groups excluding carboxylic acids is 2. The molecule has 6 nitrogen and oxygen atoms in total. The first kappa shape index (κ1) is 19.0. The van der Waals surface area contributed by atoms with E-state index in [2.05, 4.69) is 0 Å². The molecular weight excluding hydrogens is 296 g/mol. The first-order valence-electron chi connectivity index (χ1n) is 7.61. The molecule has 0 unspecified atom stereocenters. The molecule has 0 radical (unpaired) electrons. The Kier molecular flexibility index (Phi) is 7.03. The summed E-state index contributed by atoms with van der Waals surface area (Å²) in [6.07, 6.45) is 0.746. The van der Waals surface area contributed by atoms with Gasteiger partial charge in [0.25, 0.3) is 0 Å². The number of carbonyl (C=O) groups is 2. The SMILES string of the molecule is CON(C)C(=O)N(CCCc1ccccc1)C(=O)OC(C)(C)C. The lowest BCUT2D eigenvalue weighted by atomic mass is 10.1. The van der Waals surface area contributed by atoms with Crippen molar-refractivity contribution < 1.29 is 19.2 Å². The highest BCUT2D eigenvalue weighted by molar-refractivity contribution is 5.90. The van der Waals surface area contributed by atoms with Crippen LogP contribution in [0.25, 0.3) is 0 Å². The second kappa shape index (κ2) is 8.53. The fraction of sp³-hybridized carbons (Fsp3) is 0.529. The number of hydrogen-bond acceptors (Lipinski definition) is 4. The third kappa shape index (κ3) is 6.69. The maximum atomic E-state index is 12.3. The third-order valence-corrected chi connectivity index (χ3v) is 3.08. The summed E-state index contributed by atoms with van der Waals surface area (Å²) in [5, 5.41) is 1.01. The maximum absolute atomic E-state index is 12.3. The molecule has 0 fully saturated rings. The minimum Gasteiger partial charge on any atom is -0.443 e. The topological polar surface area (TPSA) is 59.1 Å². The van der Waals surface area contributed by atoms with Crippen LogP contribution in [0.3, 0.4) is 0 Å². The van der Waals surface area contributed by atoms with Crippen LogP contribution in [-0.2, 0) is 16.0 Å². The molecule has 23 heavy (non-hydrogen) atoms. The summed E-state index contributed by atoms with van der Waals surface area (Å²) in [7, 11) is 2.83. The second-order valence-corrected chi connectivity index (χ2v) is 6.18. The van der Waals surface area contributed by atoms with Crippen LogP contribution in [-0.4, -0.2) is 48.4 Å². The van der Waals surface area contributed by atoms with E-state index in [1.165, 1.54) is 14.2 Å². The van der Waals surface area contributed by atoms with E-state index in [0.717, 1.165) is 21.9 Å². The normalized spacial score (nSPS) is 11.0. The van der Waals surface area contributed by atoms with Crippen molar-refractivity contribution in [2.75, 3.05) is 20.7 Å². The first-order valence-corrected chi connectivity index (χ1v) is 7.61. The Hall–Kier alpha value is -2.08. The first-order chi connectivity index (χ1) is 10.7. The molecule has 0 heterocycles. The molecule has 0 atom stereocenters. The molecular formula is C17H26N2O4. The van der Waals surface area contributed by atoms with Crippen molar-refractivity contribution in [2.45, 2.75) is 39.2 Å². The number of nitrogens with zero attached hydrogens (tertiary/aromatic N) is 2. The molecule has 0 aromatic heterocycles. The molecule has 1 rings (SSSR count). The Bertz CT molecular complexity index is 511. The summed E-state index contributed by atoms with van der Waals surface area (Å²) >= 11 is 0. The van der Waals surface area contributed by atoms with Gasteiger partial charge in [0.2, 0.25) is 0 Å². The molecule has 0 saturated heterocycles. The van der Waals surface area contributed by atoms with Crippen molar-refractivity contribution in [3.8, 4) is 0 Å². The fourth-order valence-corrected chi connectivity index (χ4v) is 1.92. The lowest BCUT2D eigenvalue weighted by Crippen LogP contribution is -2.46. The summed E-state index contributed by atoms with van der Waals surface area (Å²) in [5.41, 5.74) is 0.491. The van der Waals surface area contributed by atoms with Gasteiger partial charge in [0.05, 0.1) is 7.11 Å². The number of amides is 3. The molecule has 128 valence electrons.